The molecule has 4 heteroatoms. The van der Waals surface area contributed by atoms with E-state index in [0.717, 1.165) is 17.2 Å². The molecule has 0 heterocycles. The quantitative estimate of drug-likeness (QED) is 0.649. The Morgan fingerprint density at radius 2 is 1.48 bits per heavy atom. The zero-order valence-corrected chi connectivity index (χ0v) is 12.4. The number of para-hydroxylation sites is 1. The van der Waals surface area contributed by atoms with Crippen LogP contribution in [0.1, 0.15) is 5.56 Å². The van der Waals surface area contributed by atoms with E-state index in [1.54, 1.807) is 12.1 Å². The first-order valence-electron chi connectivity index (χ1n) is 7.28. The molecule has 0 saturated carbocycles. The van der Waals surface area contributed by atoms with E-state index in [4.69, 9.17) is 4.74 Å². The Labute approximate surface area is 134 Å². The number of nitrogens with one attached hydrogen (secondary N) is 1. The third-order valence-electron chi connectivity index (χ3n) is 3.39. The Bertz CT molecular complexity index is 770. The maximum absolute atomic E-state index is 9.76. The van der Waals surface area contributed by atoms with Crippen LogP contribution >= 0.6 is 0 Å². The fourth-order valence-electron chi connectivity index (χ4n) is 2.16. The van der Waals surface area contributed by atoms with Crippen LogP contribution in [0.15, 0.2) is 72.8 Å². The first-order chi connectivity index (χ1) is 11.2. The van der Waals surface area contributed by atoms with Gasteiger partial charge in [0, 0.05) is 23.9 Å². The van der Waals surface area contributed by atoms with Crippen LogP contribution in [0.25, 0.3) is 0 Å². The van der Waals surface area contributed by atoms with Crippen molar-refractivity contribution < 1.29 is 14.9 Å². The summed E-state index contributed by atoms with van der Waals surface area (Å²) in [5.74, 6) is 1.67. The summed E-state index contributed by atoms with van der Waals surface area (Å²) in [5.41, 5.74) is 1.63. The molecule has 4 nitrogen and oxygen atoms in total. The SMILES string of the molecule is Oc1ccc(CNc2ccc(Oc3ccccc3)cc2)c(O)c1. The van der Waals surface area contributed by atoms with Gasteiger partial charge < -0.3 is 20.3 Å². The summed E-state index contributed by atoms with van der Waals surface area (Å²) in [6, 6.07) is 21.7. The Kier molecular flexibility index (Phi) is 4.34. The number of aromatic hydroxyl groups is 2. The second-order valence-electron chi connectivity index (χ2n) is 5.11. The molecule has 0 amide bonds. The van der Waals surface area contributed by atoms with Gasteiger partial charge in [0.15, 0.2) is 0 Å². The number of hydrogen-bond acceptors (Lipinski definition) is 4. The number of benzene rings is 3. The van der Waals surface area contributed by atoms with Crippen molar-refractivity contribution in [1.29, 1.82) is 0 Å². The number of anilines is 1. The van der Waals surface area contributed by atoms with E-state index in [0.29, 0.717) is 12.1 Å². The Morgan fingerprint density at radius 1 is 0.783 bits per heavy atom. The summed E-state index contributed by atoms with van der Waals surface area (Å²) in [6.45, 7) is 0.463. The lowest BCUT2D eigenvalue weighted by Crippen LogP contribution is -1.99. The van der Waals surface area contributed by atoms with E-state index >= 15 is 0 Å². The molecule has 0 aliphatic rings. The Morgan fingerprint density at radius 3 is 2.17 bits per heavy atom. The maximum atomic E-state index is 9.76. The molecule has 0 aliphatic heterocycles. The molecule has 3 N–H and O–H groups in total. The van der Waals surface area contributed by atoms with Crippen LogP contribution in [0, 0.1) is 0 Å². The lowest BCUT2D eigenvalue weighted by molar-refractivity contribution is 0.446. The molecule has 0 aromatic heterocycles. The molecule has 3 rings (SSSR count). The van der Waals surface area contributed by atoms with Crippen LogP contribution in [-0.4, -0.2) is 10.2 Å². The number of hydrogen-bond donors (Lipinski definition) is 3. The molecule has 0 saturated heterocycles. The highest BCUT2D eigenvalue weighted by Gasteiger charge is 2.03. The zero-order valence-electron chi connectivity index (χ0n) is 12.4. The molecule has 3 aromatic carbocycles. The Balaban J connectivity index is 1.61. The second-order valence-corrected chi connectivity index (χ2v) is 5.11. The van der Waals surface area contributed by atoms with Gasteiger partial charge in [-0.15, -0.1) is 0 Å². The topological polar surface area (TPSA) is 61.7 Å². The molecule has 116 valence electrons. The standard InChI is InChI=1S/C19H17NO3/c21-16-9-6-14(19(22)12-16)13-20-15-7-10-18(11-8-15)23-17-4-2-1-3-5-17/h1-12,20-22H,13H2. The molecular weight excluding hydrogens is 290 g/mol. The van der Waals surface area contributed by atoms with Crippen molar-refractivity contribution >= 4 is 5.69 Å². The zero-order chi connectivity index (χ0) is 16.1. The highest BCUT2D eigenvalue weighted by atomic mass is 16.5. The minimum atomic E-state index is 0.0497. The van der Waals surface area contributed by atoms with Crippen LogP contribution in [-0.2, 0) is 6.54 Å². The molecule has 0 unspecified atom stereocenters. The van der Waals surface area contributed by atoms with Gasteiger partial charge >= 0.3 is 0 Å². The highest BCUT2D eigenvalue weighted by Crippen LogP contribution is 2.25. The Hall–Kier alpha value is -3.14. The molecule has 0 aliphatic carbocycles. The van der Waals surface area contributed by atoms with Gasteiger partial charge in [0.05, 0.1) is 0 Å². The van der Waals surface area contributed by atoms with Crippen molar-refractivity contribution in [3.05, 3.63) is 78.4 Å². The number of phenols is 2. The summed E-state index contributed by atoms with van der Waals surface area (Å²) in [6.07, 6.45) is 0. The summed E-state index contributed by atoms with van der Waals surface area (Å²) in [7, 11) is 0. The predicted molar refractivity (Wildman–Crippen MR) is 90.1 cm³/mol. The van der Waals surface area contributed by atoms with Gasteiger partial charge in [-0.3, -0.25) is 0 Å². The van der Waals surface area contributed by atoms with Crippen LogP contribution in [0.4, 0.5) is 5.69 Å². The smallest absolute Gasteiger partial charge is 0.127 e. The van der Waals surface area contributed by atoms with Crippen LogP contribution in [0.3, 0.4) is 0 Å². The third kappa shape index (κ3) is 3.95. The van der Waals surface area contributed by atoms with Crippen molar-refractivity contribution in [2.24, 2.45) is 0 Å². The van der Waals surface area contributed by atoms with Gasteiger partial charge in [-0.1, -0.05) is 18.2 Å². The van der Waals surface area contributed by atoms with Gasteiger partial charge in [-0.05, 0) is 48.5 Å². The third-order valence-corrected chi connectivity index (χ3v) is 3.39. The van der Waals surface area contributed by atoms with E-state index in [1.165, 1.54) is 6.07 Å². The fourth-order valence-corrected chi connectivity index (χ4v) is 2.16. The number of phenolic OH excluding ortho intramolecular Hbond substituents is 2. The monoisotopic (exact) mass is 307 g/mol. The average Bonchev–Trinajstić information content (AvgIpc) is 2.56. The summed E-state index contributed by atoms with van der Waals surface area (Å²) in [4.78, 5) is 0. The first kappa shape index (κ1) is 14.8. The van der Waals surface area contributed by atoms with Crippen LogP contribution < -0.4 is 10.1 Å². The van der Waals surface area contributed by atoms with E-state index < -0.39 is 0 Å². The molecule has 0 atom stereocenters. The largest absolute Gasteiger partial charge is 0.508 e. The van der Waals surface area contributed by atoms with E-state index in [1.807, 2.05) is 54.6 Å². The second kappa shape index (κ2) is 6.75. The highest BCUT2D eigenvalue weighted by molar-refractivity contribution is 5.49. The van der Waals surface area contributed by atoms with Gasteiger partial charge in [-0.25, -0.2) is 0 Å². The van der Waals surface area contributed by atoms with E-state index in [9.17, 15) is 10.2 Å². The average molecular weight is 307 g/mol. The number of rotatable bonds is 5. The van der Waals surface area contributed by atoms with E-state index in [-0.39, 0.29) is 11.5 Å². The van der Waals surface area contributed by atoms with Crippen molar-refractivity contribution in [2.75, 3.05) is 5.32 Å². The minimum absolute atomic E-state index is 0.0497. The summed E-state index contributed by atoms with van der Waals surface area (Å²) >= 11 is 0. The van der Waals surface area contributed by atoms with Gasteiger partial charge in [0.1, 0.15) is 23.0 Å². The van der Waals surface area contributed by atoms with E-state index in [2.05, 4.69) is 5.32 Å². The molecule has 0 spiro atoms. The molecular formula is C19H17NO3. The predicted octanol–water partition coefficient (Wildman–Crippen LogP) is 4.50. The molecule has 0 fully saturated rings. The van der Waals surface area contributed by atoms with Gasteiger partial charge in [0.25, 0.3) is 0 Å². The normalized spacial score (nSPS) is 10.3. The molecule has 23 heavy (non-hydrogen) atoms. The van der Waals surface area contributed by atoms with Crippen LogP contribution in [0.5, 0.6) is 23.0 Å². The molecule has 0 radical (unpaired) electrons. The van der Waals surface area contributed by atoms with Crippen molar-refractivity contribution in [3.8, 4) is 23.0 Å². The fraction of sp³-hybridized carbons (Fsp3) is 0.0526. The summed E-state index contributed by atoms with van der Waals surface area (Å²) in [5, 5.41) is 22.3. The van der Waals surface area contributed by atoms with Crippen LogP contribution in [0.2, 0.25) is 0 Å². The molecule has 3 aromatic rings. The van der Waals surface area contributed by atoms with Gasteiger partial charge in [-0.2, -0.15) is 0 Å². The molecule has 0 bridgehead atoms. The van der Waals surface area contributed by atoms with Gasteiger partial charge in [0.2, 0.25) is 0 Å². The van der Waals surface area contributed by atoms with Crippen molar-refractivity contribution in [1.82, 2.24) is 0 Å². The first-order valence-corrected chi connectivity index (χ1v) is 7.28. The lowest BCUT2D eigenvalue weighted by atomic mass is 10.2. The lowest BCUT2D eigenvalue weighted by Gasteiger charge is -2.10. The maximum Gasteiger partial charge on any atom is 0.127 e. The minimum Gasteiger partial charge on any atom is -0.508 e. The van der Waals surface area contributed by atoms with Crippen molar-refractivity contribution in [3.63, 3.8) is 0 Å². The van der Waals surface area contributed by atoms with Crippen molar-refractivity contribution in [2.45, 2.75) is 6.54 Å². The number of ether oxygens (including phenoxy) is 1. The summed E-state index contributed by atoms with van der Waals surface area (Å²) < 4.78 is 5.73.